The number of ether oxygens (including phenoxy) is 1. The van der Waals surface area contributed by atoms with Gasteiger partial charge in [-0.05, 0) is 29.8 Å². The minimum atomic E-state index is 0.559. The van der Waals surface area contributed by atoms with Crippen LogP contribution in [0.15, 0.2) is 34.8 Å². The van der Waals surface area contributed by atoms with Crippen LogP contribution in [0, 0.1) is 0 Å². The largest absolute Gasteiger partial charge is 0.495 e. The summed E-state index contributed by atoms with van der Waals surface area (Å²) >= 11 is 21.7. The Morgan fingerprint density at radius 2 is 1.70 bits per heavy atom. The predicted molar refractivity (Wildman–Crippen MR) is 89.5 cm³/mol. The molecule has 0 aliphatic heterocycles. The van der Waals surface area contributed by atoms with Gasteiger partial charge >= 0.3 is 0 Å². The zero-order chi connectivity index (χ0) is 14.7. The number of halogens is 4. The molecule has 0 heterocycles. The highest BCUT2D eigenvalue weighted by molar-refractivity contribution is 9.10. The lowest BCUT2D eigenvalue weighted by Crippen LogP contribution is -2.01. The van der Waals surface area contributed by atoms with E-state index in [1.807, 2.05) is 18.2 Å². The van der Waals surface area contributed by atoms with Crippen molar-refractivity contribution >= 4 is 56.4 Å². The van der Waals surface area contributed by atoms with Crippen molar-refractivity contribution in [2.24, 2.45) is 0 Å². The first kappa shape index (κ1) is 15.8. The predicted octanol–water partition coefficient (Wildman–Crippen LogP) is 6.03. The summed E-state index contributed by atoms with van der Waals surface area (Å²) in [6.45, 7) is 0.560. The highest BCUT2D eigenvalue weighted by Gasteiger charge is 2.08. The highest BCUT2D eigenvalue weighted by Crippen LogP contribution is 2.34. The lowest BCUT2D eigenvalue weighted by Gasteiger charge is -2.12. The molecule has 0 amide bonds. The van der Waals surface area contributed by atoms with Crippen LogP contribution in [0.1, 0.15) is 5.56 Å². The Hall–Kier alpha value is -0.610. The van der Waals surface area contributed by atoms with Crippen LogP contribution in [-0.4, -0.2) is 7.11 Å². The molecule has 0 aliphatic rings. The Labute approximate surface area is 141 Å². The average Bonchev–Trinajstić information content (AvgIpc) is 2.37. The van der Waals surface area contributed by atoms with E-state index in [2.05, 4.69) is 21.2 Å². The third kappa shape index (κ3) is 3.73. The van der Waals surface area contributed by atoms with Crippen LogP contribution in [-0.2, 0) is 6.54 Å². The molecule has 20 heavy (non-hydrogen) atoms. The quantitative estimate of drug-likeness (QED) is 0.682. The van der Waals surface area contributed by atoms with Gasteiger partial charge in [-0.1, -0.05) is 56.8 Å². The maximum absolute atomic E-state index is 6.16. The smallest absolute Gasteiger partial charge is 0.137 e. The van der Waals surface area contributed by atoms with Gasteiger partial charge in [0, 0.05) is 11.0 Å². The van der Waals surface area contributed by atoms with Crippen LogP contribution < -0.4 is 10.1 Å². The Balaban J connectivity index is 2.15. The zero-order valence-corrected chi connectivity index (χ0v) is 14.4. The van der Waals surface area contributed by atoms with E-state index in [0.717, 1.165) is 10.0 Å². The van der Waals surface area contributed by atoms with Crippen molar-refractivity contribution in [3.8, 4) is 5.75 Å². The number of anilines is 1. The summed E-state index contributed by atoms with van der Waals surface area (Å²) in [7, 11) is 1.58. The molecule has 1 N–H and O–H groups in total. The fourth-order valence-corrected chi connectivity index (χ4v) is 3.34. The molecule has 0 unspecified atom stereocenters. The average molecular weight is 396 g/mol. The van der Waals surface area contributed by atoms with Gasteiger partial charge in [0.2, 0.25) is 0 Å². The van der Waals surface area contributed by atoms with Gasteiger partial charge in [-0.15, -0.1) is 0 Å². The van der Waals surface area contributed by atoms with E-state index < -0.39 is 0 Å². The second-order valence-corrected chi connectivity index (χ2v) is 6.20. The molecule has 0 saturated carbocycles. The van der Waals surface area contributed by atoms with E-state index in [1.165, 1.54) is 0 Å². The van der Waals surface area contributed by atoms with Crippen molar-refractivity contribution in [1.29, 1.82) is 0 Å². The zero-order valence-electron chi connectivity index (χ0n) is 10.5. The Bertz CT molecular complexity index is 611. The molecule has 0 aliphatic carbocycles. The maximum atomic E-state index is 6.16. The summed E-state index contributed by atoms with van der Waals surface area (Å²) in [5.74, 6) is 0.648. The second kappa shape index (κ2) is 6.90. The summed E-state index contributed by atoms with van der Waals surface area (Å²) in [5.41, 5.74) is 1.70. The molecular weight excluding hydrogens is 384 g/mol. The van der Waals surface area contributed by atoms with Crippen molar-refractivity contribution in [1.82, 2.24) is 0 Å². The molecule has 2 aromatic rings. The fourth-order valence-electron chi connectivity index (χ4n) is 1.72. The Morgan fingerprint density at radius 1 is 1.05 bits per heavy atom. The van der Waals surface area contributed by atoms with Crippen LogP contribution in [0.2, 0.25) is 15.1 Å². The third-order valence-electron chi connectivity index (χ3n) is 2.69. The monoisotopic (exact) mass is 393 g/mol. The molecule has 0 bridgehead atoms. The Morgan fingerprint density at radius 3 is 2.25 bits per heavy atom. The summed E-state index contributed by atoms with van der Waals surface area (Å²) < 4.78 is 5.95. The minimum Gasteiger partial charge on any atom is -0.495 e. The van der Waals surface area contributed by atoms with Crippen molar-refractivity contribution in [3.63, 3.8) is 0 Å². The molecule has 0 saturated heterocycles. The summed E-state index contributed by atoms with van der Waals surface area (Å²) in [4.78, 5) is 0. The van der Waals surface area contributed by atoms with E-state index in [-0.39, 0.29) is 0 Å². The number of benzene rings is 2. The van der Waals surface area contributed by atoms with E-state index >= 15 is 0 Å². The van der Waals surface area contributed by atoms with Gasteiger partial charge in [-0.3, -0.25) is 0 Å². The maximum Gasteiger partial charge on any atom is 0.137 e. The van der Waals surface area contributed by atoms with E-state index in [0.29, 0.717) is 33.0 Å². The molecule has 2 nitrogen and oxygen atoms in total. The van der Waals surface area contributed by atoms with Crippen molar-refractivity contribution in [2.75, 3.05) is 12.4 Å². The summed E-state index contributed by atoms with van der Waals surface area (Å²) in [6, 6.07) is 9.17. The van der Waals surface area contributed by atoms with Gasteiger partial charge in [0.25, 0.3) is 0 Å². The van der Waals surface area contributed by atoms with E-state index in [9.17, 15) is 0 Å². The second-order valence-electron chi connectivity index (χ2n) is 4.07. The highest BCUT2D eigenvalue weighted by atomic mass is 79.9. The van der Waals surface area contributed by atoms with Gasteiger partial charge in [0.05, 0.1) is 27.9 Å². The SMILES string of the molecule is COc1ccc(CNc2c(Cl)cc(Br)cc2Cl)cc1Cl. The number of rotatable bonds is 4. The van der Waals surface area contributed by atoms with Crippen molar-refractivity contribution in [3.05, 3.63) is 55.4 Å². The molecule has 0 spiro atoms. The first-order valence-electron chi connectivity index (χ1n) is 5.72. The van der Waals surface area contributed by atoms with Crippen molar-refractivity contribution in [2.45, 2.75) is 6.54 Å². The van der Waals surface area contributed by atoms with E-state index in [4.69, 9.17) is 39.5 Å². The molecular formula is C14H11BrCl3NO. The van der Waals surface area contributed by atoms with Gasteiger partial charge < -0.3 is 10.1 Å². The number of hydrogen-bond donors (Lipinski definition) is 1. The van der Waals surface area contributed by atoms with Crippen LogP contribution in [0.5, 0.6) is 5.75 Å². The number of methoxy groups -OCH3 is 1. The molecule has 6 heteroatoms. The summed E-state index contributed by atoms with van der Waals surface area (Å²) in [6.07, 6.45) is 0. The van der Waals surface area contributed by atoms with Gasteiger partial charge in [-0.2, -0.15) is 0 Å². The number of nitrogens with one attached hydrogen (secondary N) is 1. The summed E-state index contributed by atoms with van der Waals surface area (Å²) in [5, 5.41) is 4.89. The molecule has 0 aromatic heterocycles. The van der Waals surface area contributed by atoms with Crippen LogP contribution in [0.4, 0.5) is 5.69 Å². The van der Waals surface area contributed by atoms with Gasteiger partial charge in [-0.25, -0.2) is 0 Å². The lowest BCUT2D eigenvalue weighted by atomic mass is 10.2. The van der Waals surface area contributed by atoms with Crippen molar-refractivity contribution < 1.29 is 4.74 Å². The first-order valence-corrected chi connectivity index (χ1v) is 7.65. The van der Waals surface area contributed by atoms with Crippen LogP contribution in [0.25, 0.3) is 0 Å². The standard InChI is InChI=1S/C14H11BrCl3NO/c1-20-13-3-2-8(4-10(13)16)7-19-14-11(17)5-9(15)6-12(14)18/h2-6,19H,7H2,1H3. The van der Waals surface area contributed by atoms with E-state index in [1.54, 1.807) is 19.2 Å². The molecule has 0 fully saturated rings. The Kier molecular flexibility index (Phi) is 5.44. The fraction of sp³-hybridized carbons (Fsp3) is 0.143. The molecule has 106 valence electrons. The van der Waals surface area contributed by atoms with Crippen LogP contribution >= 0.6 is 50.7 Å². The van der Waals surface area contributed by atoms with Gasteiger partial charge in [0.15, 0.2) is 0 Å². The topological polar surface area (TPSA) is 21.3 Å². The molecule has 2 rings (SSSR count). The third-order valence-corrected chi connectivity index (χ3v) is 4.04. The van der Waals surface area contributed by atoms with Crippen LogP contribution in [0.3, 0.4) is 0 Å². The lowest BCUT2D eigenvalue weighted by molar-refractivity contribution is 0.415. The molecule has 2 aromatic carbocycles. The first-order chi connectivity index (χ1) is 9.51. The normalized spacial score (nSPS) is 10.4. The van der Waals surface area contributed by atoms with Gasteiger partial charge in [0.1, 0.15) is 5.75 Å². The molecule has 0 atom stereocenters. The molecule has 0 radical (unpaired) electrons. The minimum absolute atomic E-state index is 0.559. The number of hydrogen-bond acceptors (Lipinski definition) is 2.